The van der Waals surface area contributed by atoms with Gasteiger partial charge in [-0.05, 0) is 13.0 Å². The molecule has 7 nitrogen and oxygen atoms in total. The van der Waals surface area contributed by atoms with E-state index in [1.165, 1.54) is 17.0 Å². The Bertz CT molecular complexity index is 887. The molecule has 0 fully saturated rings. The van der Waals surface area contributed by atoms with Crippen LogP contribution in [-0.2, 0) is 6.54 Å². The highest BCUT2D eigenvalue weighted by Gasteiger charge is 2.12. The van der Waals surface area contributed by atoms with Crippen molar-refractivity contribution in [3.8, 4) is 0 Å². The largest absolute Gasteiger partial charge is 0.395 e. The van der Waals surface area contributed by atoms with E-state index in [2.05, 4.69) is 9.97 Å². The first-order valence-corrected chi connectivity index (χ1v) is 5.83. The fourth-order valence-corrected chi connectivity index (χ4v) is 2.27. The van der Waals surface area contributed by atoms with E-state index in [0.717, 1.165) is 0 Å². The van der Waals surface area contributed by atoms with Crippen LogP contribution in [0, 0.1) is 6.92 Å². The first kappa shape index (κ1) is 11.7. The second kappa shape index (κ2) is 4.06. The van der Waals surface area contributed by atoms with Gasteiger partial charge < -0.3 is 14.7 Å². The van der Waals surface area contributed by atoms with Gasteiger partial charge >= 0.3 is 0 Å². The van der Waals surface area contributed by atoms with Gasteiger partial charge in [0.15, 0.2) is 5.65 Å². The van der Waals surface area contributed by atoms with Crippen molar-refractivity contribution in [2.24, 2.45) is 0 Å². The molecular formula is C12H12N4O3. The van der Waals surface area contributed by atoms with E-state index in [1.54, 1.807) is 17.5 Å². The van der Waals surface area contributed by atoms with Crippen LogP contribution in [-0.4, -0.2) is 30.6 Å². The molecule has 98 valence electrons. The van der Waals surface area contributed by atoms with Crippen molar-refractivity contribution in [1.29, 1.82) is 0 Å². The van der Waals surface area contributed by atoms with Crippen molar-refractivity contribution in [3.05, 3.63) is 45.0 Å². The van der Waals surface area contributed by atoms with Crippen molar-refractivity contribution in [1.82, 2.24) is 18.9 Å². The third-order valence-electron chi connectivity index (χ3n) is 3.17. The molecule has 0 aromatic carbocycles. The van der Waals surface area contributed by atoms with Gasteiger partial charge in [0.2, 0.25) is 0 Å². The molecule has 7 heteroatoms. The van der Waals surface area contributed by atoms with Crippen LogP contribution in [0.2, 0.25) is 0 Å². The fourth-order valence-electron chi connectivity index (χ4n) is 2.27. The van der Waals surface area contributed by atoms with Crippen LogP contribution < -0.4 is 11.1 Å². The minimum absolute atomic E-state index is 0.115. The highest BCUT2D eigenvalue weighted by Crippen LogP contribution is 2.12. The first-order valence-electron chi connectivity index (χ1n) is 5.83. The second-order valence-electron chi connectivity index (χ2n) is 4.32. The van der Waals surface area contributed by atoms with Crippen LogP contribution in [0.4, 0.5) is 0 Å². The number of aromatic amines is 1. The molecule has 0 bridgehead atoms. The molecule has 0 spiro atoms. The molecule has 0 atom stereocenters. The second-order valence-corrected chi connectivity index (χ2v) is 4.32. The summed E-state index contributed by atoms with van der Waals surface area (Å²) in [4.78, 5) is 30.6. The lowest BCUT2D eigenvalue weighted by molar-refractivity contribution is 0.273. The summed E-state index contributed by atoms with van der Waals surface area (Å²) in [6.07, 6.45) is 3.05. The molecule has 3 aromatic heterocycles. The number of H-pyrrole nitrogens is 1. The lowest BCUT2D eigenvalue weighted by atomic mass is 10.4. The van der Waals surface area contributed by atoms with Crippen LogP contribution in [0.3, 0.4) is 0 Å². The van der Waals surface area contributed by atoms with Crippen molar-refractivity contribution in [3.63, 3.8) is 0 Å². The van der Waals surface area contributed by atoms with Gasteiger partial charge in [0, 0.05) is 18.4 Å². The molecule has 19 heavy (non-hydrogen) atoms. The van der Waals surface area contributed by atoms with E-state index in [4.69, 9.17) is 5.11 Å². The Kier molecular flexibility index (Phi) is 2.49. The molecule has 0 unspecified atom stereocenters. The van der Waals surface area contributed by atoms with Crippen LogP contribution in [0.5, 0.6) is 0 Å². The van der Waals surface area contributed by atoms with Gasteiger partial charge in [-0.15, -0.1) is 0 Å². The Morgan fingerprint density at radius 1 is 1.42 bits per heavy atom. The summed E-state index contributed by atoms with van der Waals surface area (Å²) in [5, 5.41) is 9.37. The number of hydrogen-bond donors (Lipinski definition) is 2. The van der Waals surface area contributed by atoms with Gasteiger partial charge in [-0.25, -0.2) is 4.98 Å². The molecule has 0 aliphatic rings. The van der Waals surface area contributed by atoms with Crippen LogP contribution in [0.1, 0.15) is 5.69 Å². The number of nitrogens with one attached hydrogen (secondary N) is 1. The number of hydrogen-bond acceptors (Lipinski definition) is 4. The van der Waals surface area contributed by atoms with Crippen LogP contribution >= 0.6 is 0 Å². The molecule has 3 rings (SSSR count). The van der Waals surface area contributed by atoms with E-state index in [9.17, 15) is 9.59 Å². The Balaban J connectivity index is 2.52. The summed E-state index contributed by atoms with van der Waals surface area (Å²) in [6, 6.07) is 1.52. The first-order chi connectivity index (χ1) is 9.13. The molecule has 0 aliphatic carbocycles. The van der Waals surface area contributed by atoms with E-state index < -0.39 is 0 Å². The number of aliphatic hydroxyl groups excluding tert-OH is 1. The Hall–Kier alpha value is -2.41. The SMILES string of the molecule is Cc1cn2c(cc3c(=O)[nH]cnc32)c(=O)n1CCO. The Morgan fingerprint density at radius 3 is 2.95 bits per heavy atom. The lowest BCUT2D eigenvalue weighted by Gasteiger charge is -2.09. The van der Waals surface area contributed by atoms with Gasteiger partial charge in [-0.3, -0.25) is 14.0 Å². The summed E-state index contributed by atoms with van der Waals surface area (Å²) in [5.74, 6) is 0. The van der Waals surface area contributed by atoms with Gasteiger partial charge in [0.25, 0.3) is 11.1 Å². The molecule has 3 heterocycles. The molecule has 0 saturated heterocycles. The number of nitrogens with zero attached hydrogens (tertiary/aromatic N) is 3. The molecule has 0 saturated carbocycles. The average Bonchev–Trinajstić information content (AvgIpc) is 2.75. The fraction of sp³-hybridized carbons (Fsp3) is 0.250. The zero-order valence-electron chi connectivity index (χ0n) is 10.3. The highest BCUT2D eigenvalue weighted by atomic mass is 16.3. The monoisotopic (exact) mass is 260 g/mol. The topological polar surface area (TPSA) is 92.4 Å². The Morgan fingerprint density at radius 2 is 2.21 bits per heavy atom. The van der Waals surface area contributed by atoms with Crippen molar-refractivity contribution in [2.45, 2.75) is 13.5 Å². The number of aromatic nitrogens is 4. The molecule has 0 amide bonds. The van der Waals surface area contributed by atoms with E-state index in [-0.39, 0.29) is 24.3 Å². The quantitative estimate of drug-likeness (QED) is 0.658. The Labute approximate surface area is 106 Å². The van der Waals surface area contributed by atoms with E-state index in [1.807, 2.05) is 0 Å². The molecule has 0 aliphatic heterocycles. The maximum absolute atomic E-state index is 12.3. The van der Waals surface area contributed by atoms with Crippen LogP contribution in [0.15, 0.2) is 28.2 Å². The van der Waals surface area contributed by atoms with E-state index in [0.29, 0.717) is 22.2 Å². The van der Waals surface area contributed by atoms with Crippen molar-refractivity contribution >= 4 is 16.6 Å². The number of rotatable bonds is 2. The summed E-state index contributed by atoms with van der Waals surface area (Å²) in [7, 11) is 0. The van der Waals surface area contributed by atoms with Gasteiger partial charge in [-0.2, -0.15) is 0 Å². The predicted octanol–water partition coefficient (Wildman–Crippen LogP) is -0.362. The van der Waals surface area contributed by atoms with Crippen molar-refractivity contribution in [2.75, 3.05) is 6.61 Å². The summed E-state index contributed by atoms with van der Waals surface area (Å²) >= 11 is 0. The third kappa shape index (κ3) is 1.59. The summed E-state index contributed by atoms with van der Waals surface area (Å²) in [5.41, 5.74) is 1.00. The molecular weight excluding hydrogens is 248 g/mol. The summed E-state index contributed by atoms with van der Waals surface area (Å²) < 4.78 is 3.08. The van der Waals surface area contributed by atoms with Gasteiger partial charge in [0.05, 0.1) is 18.3 Å². The normalized spacial score (nSPS) is 11.5. The number of fused-ring (bicyclic) bond motifs is 3. The van der Waals surface area contributed by atoms with Crippen LogP contribution in [0.25, 0.3) is 16.6 Å². The van der Waals surface area contributed by atoms with Gasteiger partial charge in [0.1, 0.15) is 5.52 Å². The predicted molar refractivity (Wildman–Crippen MR) is 69.4 cm³/mol. The molecule has 2 N–H and O–H groups in total. The minimum atomic E-state index is -0.278. The number of aryl methyl sites for hydroxylation is 1. The smallest absolute Gasteiger partial charge is 0.275 e. The number of aliphatic hydroxyl groups is 1. The van der Waals surface area contributed by atoms with Crippen molar-refractivity contribution < 1.29 is 5.11 Å². The third-order valence-corrected chi connectivity index (χ3v) is 3.17. The van der Waals surface area contributed by atoms with E-state index >= 15 is 0 Å². The molecule has 0 radical (unpaired) electrons. The lowest BCUT2D eigenvalue weighted by Crippen LogP contribution is -2.25. The average molecular weight is 260 g/mol. The standard InChI is InChI=1S/C12H12N4O3/c1-7-5-16-9(12(19)15(7)2-3-17)4-8-10(16)13-6-14-11(8)18/h4-6,17H,2-3H2,1H3,(H,13,14,18). The maximum Gasteiger partial charge on any atom is 0.275 e. The minimum Gasteiger partial charge on any atom is -0.395 e. The summed E-state index contributed by atoms with van der Waals surface area (Å²) in [6.45, 7) is 1.89. The maximum atomic E-state index is 12.3. The molecule has 3 aromatic rings. The zero-order valence-corrected chi connectivity index (χ0v) is 10.3. The van der Waals surface area contributed by atoms with Gasteiger partial charge in [-0.1, -0.05) is 0 Å². The zero-order chi connectivity index (χ0) is 13.6. The highest BCUT2D eigenvalue weighted by molar-refractivity contribution is 5.82.